The van der Waals surface area contributed by atoms with Crippen LogP contribution in [-0.2, 0) is 0 Å². The molecule has 2 aromatic rings. The number of aliphatic imine (C=N–C) groups is 1. The molecule has 21 heavy (non-hydrogen) atoms. The highest BCUT2D eigenvalue weighted by atomic mass is 35.5. The second-order valence-corrected chi connectivity index (χ2v) is 5.64. The maximum atomic E-state index is 5.91. The predicted octanol–water partition coefficient (Wildman–Crippen LogP) is 3.39. The van der Waals surface area contributed by atoms with Crippen molar-refractivity contribution in [3.8, 4) is 11.8 Å². The average molecular weight is 318 g/mol. The van der Waals surface area contributed by atoms with E-state index in [-0.39, 0.29) is 0 Å². The third-order valence-electron chi connectivity index (χ3n) is 2.77. The summed E-state index contributed by atoms with van der Waals surface area (Å²) in [5.74, 6) is 7.00. The lowest BCUT2D eigenvalue weighted by Crippen LogP contribution is -2.25. The van der Waals surface area contributed by atoms with E-state index in [1.807, 2.05) is 35.7 Å². The molecule has 1 aromatic heterocycles. The number of halogens is 1. The Hall–Kier alpha value is -1.96. The van der Waals surface area contributed by atoms with E-state index in [2.05, 4.69) is 22.2 Å². The molecule has 0 aliphatic rings. The number of rotatable bonds is 3. The number of anilines is 1. The number of amidine groups is 1. The van der Waals surface area contributed by atoms with Gasteiger partial charge in [0.05, 0.1) is 10.6 Å². The number of nitrogens with one attached hydrogen (secondary N) is 1. The standard InChI is InChI=1S/C16H16ClN3S/c1-19-16(14-8-10-21-15(14)18)20-9-3-2-5-12-6-4-7-13(17)11-12/h4,6-8,10-11H,3,9,18H2,1H3,(H,19,20). The Morgan fingerprint density at radius 3 is 2.95 bits per heavy atom. The van der Waals surface area contributed by atoms with Gasteiger partial charge in [-0.1, -0.05) is 29.5 Å². The van der Waals surface area contributed by atoms with Crippen LogP contribution in [0.25, 0.3) is 0 Å². The van der Waals surface area contributed by atoms with Crippen molar-refractivity contribution in [3.63, 3.8) is 0 Å². The van der Waals surface area contributed by atoms with Gasteiger partial charge >= 0.3 is 0 Å². The predicted molar refractivity (Wildman–Crippen MR) is 92.1 cm³/mol. The Balaban J connectivity index is 1.86. The summed E-state index contributed by atoms with van der Waals surface area (Å²) in [5, 5.41) is 6.69. The van der Waals surface area contributed by atoms with Crippen LogP contribution in [0.4, 0.5) is 5.00 Å². The highest BCUT2D eigenvalue weighted by Gasteiger charge is 2.06. The molecule has 2 rings (SSSR count). The molecule has 1 aromatic carbocycles. The zero-order chi connectivity index (χ0) is 15.1. The van der Waals surface area contributed by atoms with Gasteiger partial charge in [0.25, 0.3) is 0 Å². The molecule has 0 atom stereocenters. The van der Waals surface area contributed by atoms with Crippen LogP contribution in [0.3, 0.4) is 0 Å². The third kappa shape index (κ3) is 4.52. The number of benzene rings is 1. The van der Waals surface area contributed by atoms with E-state index in [1.165, 1.54) is 11.3 Å². The van der Waals surface area contributed by atoms with Gasteiger partial charge in [0, 0.05) is 30.6 Å². The maximum Gasteiger partial charge on any atom is 0.131 e. The molecule has 3 nitrogen and oxygen atoms in total. The number of hydrogen-bond donors (Lipinski definition) is 2. The van der Waals surface area contributed by atoms with Gasteiger partial charge in [-0.25, -0.2) is 0 Å². The van der Waals surface area contributed by atoms with Gasteiger partial charge in [-0.05, 0) is 29.6 Å². The largest absolute Gasteiger partial charge is 0.390 e. The summed E-state index contributed by atoms with van der Waals surface area (Å²) in [7, 11) is 1.75. The van der Waals surface area contributed by atoms with Crippen molar-refractivity contribution in [1.29, 1.82) is 0 Å². The monoisotopic (exact) mass is 317 g/mol. The first-order chi connectivity index (χ1) is 10.2. The average Bonchev–Trinajstić information content (AvgIpc) is 2.89. The molecule has 3 N–H and O–H groups in total. The van der Waals surface area contributed by atoms with E-state index in [4.69, 9.17) is 17.3 Å². The Labute approximate surface area is 133 Å². The molecule has 108 valence electrons. The second kappa shape index (κ2) is 7.72. The highest BCUT2D eigenvalue weighted by molar-refractivity contribution is 7.14. The first kappa shape index (κ1) is 15.4. The van der Waals surface area contributed by atoms with E-state index in [0.717, 1.165) is 34.9 Å². The molecular formula is C16H16ClN3S. The topological polar surface area (TPSA) is 50.4 Å². The van der Waals surface area contributed by atoms with Crippen LogP contribution in [0, 0.1) is 11.8 Å². The molecule has 0 aliphatic heterocycles. The van der Waals surface area contributed by atoms with E-state index in [9.17, 15) is 0 Å². The second-order valence-electron chi connectivity index (χ2n) is 4.26. The normalized spacial score (nSPS) is 10.9. The number of thiophene rings is 1. The lowest BCUT2D eigenvalue weighted by Gasteiger charge is -2.06. The van der Waals surface area contributed by atoms with E-state index in [0.29, 0.717) is 5.02 Å². The summed E-state index contributed by atoms with van der Waals surface area (Å²) in [6, 6.07) is 9.49. The van der Waals surface area contributed by atoms with Crippen LogP contribution < -0.4 is 11.1 Å². The Kier molecular flexibility index (Phi) is 5.68. The Morgan fingerprint density at radius 1 is 1.43 bits per heavy atom. The van der Waals surface area contributed by atoms with Gasteiger partial charge in [0.15, 0.2) is 0 Å². The van der Waals surface area contributed by atoms with E-state index in [1.54, 1.807) is 7.05 Å². The number of hydrogen-bond acceptors (Lipinski definition) is 3. The molecule has 0 spiro atoms. The summed E-state index contributed by atoms with van der Waals surface area (Å²) in [4.78, 5) is 4.23. The molecule has 5 heteroatoms. The van der Waals surface area contributed by atoms with E-state index < -0.39 is 0 Å². The van der Waals surface area contributed by atoms with Crippen LogP contribution in [0.5, 0.6) is 0 Å². The maximum absolute atomic E-state index is 5.91. The fourth-order valence-electron chi connectivity index (χ4n) is 1.79. The number of nitrogens with zero attached hydrogens (tertiary/aromatic N) is 1. The van der Waals surface area contributed by atoms with Crippen molar-refractivity contribution in [3.05, 3.63) is 51.9 Å². The third-order valence-corrected chi connectivity index (χ3v) is 3.75. The molecule has 0 amide bonds. The lowest BCUT2D eigenvalue weighted by atomic mass is 10.2. The van der Waals surface area contributed by atoms with Crippen molar-refractivity contribution >= 4 is 33.8 Å². The number of nitrogen functional groups attached to an aromatic ring is 1. The van der Waals surface area contributed by atoms with Crippen LogP contribution in [0.2, 0.25) is 5.02 Å². The molecule has 0 unspecified atom stereocenters. The smallest absolute Gasteiger partial charge is 0.131 e. The minimum atomic E-state index is 0.702. The van der Waals surface area contributed by atoms with Crippen LogP contribution in [0.1, 0.15) is 17.5 Å². The van der Waals surface area contributed by atoms with Gasteiger partial charge < -0.3 is 11.1 Å². The summed E-state index contributed by atoms with van der Waals surface area (Å²) in [5.41, 5.74) is 7.77. The molecule has 0 saturated carbocycles. The van der Waals surface area contributed by atoms with Crippen molar-refractivity contribution in [1.82, 2.24) is 5.32 Å². The van der Waals surface area contributed by atoms with Crippen molar-refractivity contribution in [2.45, 2.75) is 6.42 Å². The Bertz CT molecular complexity index is 695. The zero-order valence-corrected chi connectivity index (χ0v) is 13.3. The molecule has 1 heterocycles. The zero-order valence-electron chi connectivity index (χ0n) is 11.7. The van der Waals surface area contributed by atoms with Crippen molar-refractivity contribution < 1.29 is 0 Å². The van der Waals surface area contributed by atoms with Crippen molar-refractivity contribution in [2.75, 3.05) is 19.3 Å². The molecule has 0 fully saturated rings. The quantitative estimate of drug-likeness (QED) is 0.394. The summed E-state index contributed by atoms with van der Waals surface area (Å²) in [6.45, 7) is 0.718. The summed E-state index contributed by atoms with van der Waals surface area (Å²) < 4.78 is 0. The molecule has 0 bridgehead atoms. The van der Waals surface area contributed by atoms with Gasteiger partial charge in [-0.2, -0.15) is 0 Å². The summed E-state index contributed by atoms with van der Waals surface area (Å²) in [6.07, 6.45) is 0.718. The summed E-state index contributed by atoms with van der Waals surface area (Å²) >= 11 is 7.42. The Morgan fingerprint density at radius 2 is 2.29 bits per heavy atom. The fourth-order valence-corrected chi connectivity index (χ4v) is 2.62. The van der Waals surface area contributed by atoms with Crippen LogP contribution >= 0.6 is 22.9 Å². The van der Waals surface area contributed by atoms with E-state index >= 15 is 0 Å². The first-order valence-corrected chi connectivity index (χ1v) is 7.75. The minimum absolute atomic E-state index is 0.702. The van der Waals surface area contributed by atoms with Gasteiger partial charge in [0.1, 0.15) is 5.84 Å². The van der Waals surface area contributed by atoms with Gasteiger partial charge in [0.2, 0.25) is 0 Å². The molecular weight excluding hydrogens is 302 g/mol. The molecule has 0 aliphatic carbocycles. The molecule has 0 saturated heterocycles. The SMILES string of the molecule is CN=C(NCCC#Cc1cccc(Cl)c1)c1ccsc1N. The van der Waals surface area contributed by atoms with Gasteiger partial charge in [-0.3, -0.25) is 4.99 Å². The first-order valence-electron chi connectivity index (χ1n) is 6.49. The number of nitrogens with two attached hydrogens (primary N) is 1. The van der Waals surface area contributed by atoms with Crippen LogP contribution in [-0.4, -0.2) is 19.4 Å². The van der Waals surface area contributed by atoms with Crippen LogP contribution in [0.15, 0.2) is 40.7 Å². The molecule has 0 radical (unpaired) electrons. The highest BCUT2D eigenvalue weighted by Crippen LogP contribution is 2.18. The lowest BCUT2D eigenvalue weighted by molar-refractivity contribution is 0.902. The minimum Gasteiger partial charge on any atom is -0.390 e. The van der Waals surface area contributed by atoms with Gasteiger partial charge in [-0.15, -0.1) is 11.3 Å². The van der Waals surface area contributed by atoms with Crippen molar-refractivity contribution in [2.24, 2.45) is 4.99 Å². The fraction of sp³-hybridized carbons (Fsp3) is 0.188.